The zero-order chi connectivity index (χ0) is 12.7. The third-order valence-corrected chi connectivity index (χ3v) is 4.56. The highest BCUT2D eigenvalue weighted by molar-refractivity contribution is 7.49. The predicted molar refractivity (Wildman–Crippen MR) is 75.2 cm³/mol. The topological polar surface area (TPSA) is 26.3 Å². The van der Waals surface area contributed by atoms with E-state index in [9.17, 15) is 4.57 Å². The molecule has 0 saturated heterocycles. The molecular formula is C15H15O2P. The first-order valence-electron chi connectivity index (χ1n) is 6.13. The smallest absolute Gasteiger partial charge is 0.266 e. The van der Waals surface area contributed by atoms with Crippen LogP contribution in [0.2, 0.25) is 0 Å². The van der Waals surface area contributed by atoms with E-state index in [1.165, 1.54) is 0 Å². The molecule has 1 atom stereocenters. The molecule has 0 spiro atoms. The largest absolute Gasteiger partial charge is 0.441 e. The van der Waals surface area contributed by atoms with Crippen LogP contribution in [0.1, 0.15) is 25.3 Å². The Morgan fingerprint density at radius 1 is 1.00 bits per heavy atom. The van der Waals surface area contributed by atoms with Gasteiger partial charge in [-0.2, -0.15) is 0 Å². The molecule has 0 fully saturated rings. The first-order chi connectivity index (χ1) is 8.68. The second kappa shape index (κ2) is 4.29. The minimum atomic E-state index is -2.17. The van der Waals surface area contributed by atoms with E-state index < -0.39 is 8.03 Å². The lowest BCUT2D eigenvalue weighted by atomic mass is 9.95. The van der Waals surface area contributed by atoms with Gasteiger partial charge in [0.2, 0.25) is 0 Å². The van der Waals surface area contributed by atoms with E-state index >= 15 is 0 Å². The molecule has 0 amide bonds. The third kappa shape index (κ3) is 1.69. The van der Waals surface area contributed by atoms with Crippen molar-refractivity contribution in [2.75, 3.05) is 0 Å². The maximum absolute atomic E-state index is 12.2. The Labute approximate surface area is 107 Å². The molecular weight excluding hydrogens is 243 g/mol. The van der Waals surface area contributed by atoms with Crippen LogP contribution in [0, 0.1) is 0 Å². The number of rotatable bonds is 1. The van der Waals surface area contributed by atoms with Crippen molar-refractivity contribution in [3.63, 3.8) is 0 Å². The van der Waals surface area contributed by atoms with Crippen LogP contribution < -0.4 is 9.83 Å². The van der Waals surface area contributed by atoms with E-state index in [1.54, 1.807) is 0 Å². The molecule has 1 unspecified atom stereocenters. The molecule has 0 radical (unpaired) electrons. The molecule has 1 aliphatic rings. The van der Waals surface area contributed by atoms with Crippen molar-refractivity contribution < 1.29 is 9.09 Å². The van der Waals surface area contributed by atoms with Crippen LogP contribution in [0.3, 0.4) is 0 Å². The van der Waals surface area contributed by atoms with Crippen molar-refractivity contribution in [3.8, 4) is 16.9 Å². The van der Waals surface area contributed by atoms with Gasteiger partial charge in [-0.15, -0.1) is 0 Å². The SMILES string of the molecule is CC(C)c1cccc2c1O[PH](=O)c1ccccc1-2. The minimum absolute atomic E-state index is 0.361. The van der Waals surface area contributed by atoms with E-state index in [2.05, 4.69) is 13.8 Å². The maximum atomic E-state index is 12.2. The fourth-order valence-corrected chi connectivity index (χ4v) is 3.57. The summed E-state index contributed by atoms with van der Waals surface area (Å²) in [6.07, 6.45) is 0. The molecule has 0 N–H and O–H groups in total. The lowest BCUT2D eigenvalue weighted by Crippen LogP contribution is -2.11. The lowest BCUT2D eigenvalue weighted by molar-refractivity contribution is 0.508. The van der Waals surface area contributed by atoms with E-state index in [-0.39, 0.29) is 0 Å². The highest BCUT2D eigenvalue weighted by atomic mass is 31.1. The summed E-state index contributed by atoms with van der Waals surface area (Å²) in [5, 5.41) is 0.830. The standard InChI is InChI=1S/C15H15O2P/c1-10(2)11-7-5-8-13-12-6-3-4-9-14(12)18(16)17-15(11)13/h3-10,18H,1-2H3. The second-order valence-corrected chi connectivity index (χ2v) is 6.13. The van der Waals surface area contributed by atoms with Gasteiger partial charge in [0.05, 0.1) is 5.30 Å². The summed E-state index contributed by atoms with van der Waals surface area (Å²) < 4.78 is 17.9. The molecule has 2 nitrogen and oxygen atoms in total. The monoisotopic (exact) mass is 258 g/mol. The highest BCUT2D eigenvalue weighted by Gasteiger charge is 2.24. The fourth-order valence-electron chi connectivity index (χ4n) is 2.38. The average molecular weight is 258 g/mol. The highest BCUT2D eigenvalue weighted by Crippen LogP contribution is 2.46. The first-order valence-corrected chi connectivity index (χ1v) is 7.44. The van der Waals surface area contributed by atoms with Crippen LogP contribution in [0.25, 0.3) is 11.1 Å². The zero-order valence-electron chi connectivity index (χ0n) is 10.4. The average Bonchev–Trinajstić information content (AvgIpc) is 2.38. The molecule has 0 aliphatic carbocycles. The Kier molecular flexibility index (Phi) is 2.76. The molecule has 92 valence electrons. The normalized spacial score (nSPS) is 16.9. The van der Waals surface area contributed by atoms with Crippen molar-refractivity contribution in [1.29, 1.82) is 0 Å². The van der Waals surface area contributed by atoms with Gasteiger partial charge in [-0.25, -0.2) is 0 Å². The Bertz CT molecular complexity index is 632. The predicted octanol–water partition coefficient (Wildman–Crippen LogP) is 3.97. The molecule has 0 saturated carbocycles. The molecule has 2 aromatic carbocycles. The van der Waals surface area contributed by atoms with Gasteiger partial charge in [0, 0.05) is 5.56 Å². The number of benzene rings is 2. The van der Waals surface area contributed by atoms with E-state index in [1.807, 2.05) is 42.5 Å². The van der Waals surface area contributed by atoms with Gasteiger partial charge in [-0.3, -0.25) is 4.57 Å². The second-order valence-electron chi connectivity index (χ2n) is 4.81. The summed E-state index contributed by atoms with van der Waals surface area (Å²) >= 11 is 0. The van der Waals surface area contributed by atoms with Gasteiger partial charge >= 0.3 is 0 Å². The Morgan fingerprint density at radius 2 is 1.72 bits per heavy atom. The Balaban J connectivity index is 2.30. The maximum Gasteiger partial charge on any atom is 0.266 e. The van der Waals surface area contributed by atoms with Gasteiger partial charge in [0.1, 0.15) is 5.75 Å². The van der Waals surface area contributed by atoms with Gasteiger partial charge in [0.15, 0.2) is 0 Å². The molecule has 1 aliphatic heterocycles. The fraction of sp³-hybridized carbons (Fsp3) is 0.200. The molecule has 3 rings (SSSR count). The Hall–Kier alpha value is -1.53. The summed E-state index contributed by atoms with van der Waals surface area (Å²) in [7, 11) is -2.17. The van der Waals surface area contributed by atoms with Crippen molar-refractivity contribution in [3.05, 3.63) is 48.0 Å². The van der Waals surface area contributed by atoms with E-state index in [0.29, 0.717) is 5.92 Å². The van der Waals surface area contributed by atoms with Gasteiger partial charge in [0.25, 0.3) is 8.03 Å². The molecule has 1 heterocycles. The zero-order valence-corrected chi connectivity index (χ0v) is 11.4. The van der Waals surface area contributed by atoms with Crippen LogP contribution in [0.15, 0.2) is 42.5 Å². The number of hydrogen-bond acceptors (Lipinski definition) is 2. The third-order valence-electron chi connectivity index (χ3n) is 3.30. The summed E-state index contributed by atoms with van der Waals surface area (Å²) in [6, 6.07) is 13.9. The van der Waals surface area contributed by atoms with E-state index in [0.717, 1.165) is 27.7 Å². The van der Waals surface area contributed by atoms with Gasteiger partial charge in [-0.1, -0.05) is 50.2 Å². The first kappa shape index (κ1) is 11.6. The van der Waals surface area contributed by atoms with Crippen molar-refractivity contribution in [2.45, 2.75) is 19.8 Å². The molecule has 3 heteroatoms. The molecule has 0 aromatic heterocycles. The van der Waals surface area contributed by atoms with Crippen LogP contribution >= 0.6 is 8.03 Å². The number of fused-ring (bicyclic) bond motifs is 3. The number of para-hydroxylation sites is 1. The van der Waals surface area contributed by atoms with Crippen LogP contribution in [0.4, 0.5) is 0 Å². The van der Waals surface area contributed by atoms with Crippen LogP contribution in [0.5, 0.6) is 5.75 Å². The lowest BCUT2D eigenvalue weighted by Gasteiger charge is -2.23. The molecule has 0 bridgehead atoms. The van der Waals surface area contributed by atoms with Gasteiger partial charge < -0.3 is 4.52 Å². The minimum Gasteiger partial charge on any atom is -0.441 e. The van der Waals surface area contributed by atoms with Crippen molar-refractivity contribution in [1.82, 2.24) is 0 Å². The molecule has 2 aromatic rings. The van der Waals surface area contributed by atoms with E-state index in [4.69, 9.17) is 4.52 Å². The quantitative estimate of drug-likeness (QED) is 0.723. The van der Waals surface area contributed by atoms with Crippen LogP contribution in [-0.2, 0) is 4.57 Å². The molecule has 18 heavy (non-hydrogen) atoms. The van der Waals surface area contributed by atoms with Crippen LogP contribution in [-0.4, -0.2) is 0 Å². The number of hydrogen-bond donors (Lipinski definition) is 0. The van der Waals surface area contributed by atoms with Gasteiger partial charge in [-0.05, 0) is 23.1 Å². The Morgan fingerprint density at radius 3 is 2.50 bits per heavy atom. The summed E-state index contributed by atoms with van der Waals surface area (Å²) in [4.78, 5) is 0. The van der Waals surface area contributed by atoms with Crippen molar-refractivity contribution >= 4 is 13.3 Å². The summed E-state index contributed by atoms with van der Waals surface area (Å²) in [6.45, 7) is 4.24. The summed E-state index contributed by atoms with van der Waals surface area (Å²) in [5.74, 6) is 1.16. The van der Waals surface area contributed by atoms with Crippen molar-refractivity contribution in [2.24, 2.45) is 0 Å². The summed E-state index contributed by atoms with van der Waals surface area (Å²) in [5.41, 5.74) is 3.23.